The van der Waals surface area contributed by atoms with Gasteiger partial charge in [-0.15, -0.1) is 6.58 Å². The number of hydrogen-bond acceptors (Lipinski definition) is 4. The Morgan fingerprint density at radius 2 is 2.04 bits per heavy atom. The molecule has 3 aromatic rings. The molecule has 126 valence electrons. The van der Waals surface area contributed by atoms with Crippen LogP contribution in [0.5, 0.6) is 0 Å². The normalized spacial score (nSPS) is 11.6. The zero-order chi connectivity index (χ0) is 18.0. The summed E-state index contributed by atoms with van der Waals surface area (Å²) in [4.78, 5) is 27.2. The second kappa shape index (κ2) is 6.78. The van der Waals surface area contributed by atoms with Gasteiger partial charge >= 0.3 is 0 Å². The molecule has 0 saturated heterocycles. The fourth-order valence-corrected chi connectivity index (χ4v) is 3.38. The monoisotopic (exact) mass is 357 g/mol. The van der Waals surface area contributed by atoms with Crippen molar-refractivity contribution in [2.24, 2.45) is 4.99 Å². The summed E-state index contributed by atoms with van der Waals surface area (Å²) in [6, 6.07) is 9.56. The van der Waals surface area contributed by atoms with Crippen molar-refractivity contribution >= 4 is 33.1 Å². The third kappa shape index (κ3) is 3.38. The molecule has 1 heterocycles. The number of rotatable bonds is 4. The van der Waals surface area contributed by atoms with Crippen LogP contribution in [0, 0.1) is 15.9 Å². The second-order valence-electron chi connectivity index (χ2n) is 5.12. The number of amides is 1. The lowest BCUT2D eigenvalue weighted by Crippen LogP contribution is -2.16. The molecule has 0 fully saturated rings. The smallest absolute Gasteiger partial charge is 0.279 e. The molecule has 0 saturated carbocycles. The summed E-state index contributed by atoms with van der Waals surface area (Å²) in [5.74, 6) is -0.952. The average molecular weight is 357 g/mol. The number of allylic oxidation sites excluding steroid dienone is 1. The van der Waals surface area contributed by atoms with Gasteiger partial charge in [0.05, 0.1) is 15.1 Å². The predicted octanol–water partition coefficient (Wildman–Crippen LogP) is 3.68. The van der Waals surface area contributed by atoms with Gasteiger partial charge in [0.25, 0.3) is 11.6 Å². The second-order valence-corrected chi connectivity index (χ2v) is 6.13. The number of halogens is 1. The molecule has 0 unspecified atom stereocenters. The number of hydrogen-bond donors (Lipinski definition) is 0. The van der Waals surface area contributed by atoms with E-state index in [1.165, 1.54) is 47.7 Å². The Balaban J connectivity index is 2.14. The number of nitro benzene ring substituents is 1. The molecule has 0 atom stereocenters. The van der Waals surface area contributed by atoms with E-state index in [0.717, 1.165) is 5.52 Å². The molecule has 3 rings (SSSR count). The zero-order valence-corrected chi connectivity index (χ0v) is 13.7. The van der Waals surface area contributed by atoms with Crippen molar-refractivity contribution in [3.8, 4) is 0 Å². The maximum absolute atomic E-state index is 13.0. The number of carbonyl (C=O) groups excluding carboxylic acids is 1. The Hall–Kier alpha value is -3.13. The molecule has 0 aliphatic rings. The van der Waals surface area contributed by atoms with E-state index in [1.54, 1.807) is 16.7 Å². The van der Waals surface area contributed by atoms with Crippen molar-refractivity contribution in [2.75, 3.05) is 0 Å². The van der Waals surface area contributed by atoms with Gasteiger partial charge in [-0.3, -0.25) is 14.9 Å². The molecule has 8 heteroatoms. The van der Waals surface area contributed by atoms with Crippen molar-refractivity contribution < 1.29 is 14.1 Å². The minimum Gasteiger partial charge on any atom is -0.312 e. The molecule has 0 bridgehead atoms. The van der Waals surface area contributed by atoms with Crippen molar-refractivity contribution in [2.45, 2.75) is 6.54 Å². The fourth-order valence-electron chi connectivity index (χ4n) is 2.31. The zero-order valence-electron chi connectivity index (χ0n) is 12.9. The molecule has 1 amide bonds. The topological polar surface area (TPSA) is 77.5 Å². The van der Waals surface area contributed by atoms with E-state index in [4.69, 9.17) is 0 Å². The van der Waals surface area contributed by atoms with E-state index < -0.39 is 16.6 Å². The van der Waals surface area contributed by atoms with Crippen molar-refractivity contribution in [1.82, 2.24) is 4.57 Å². The minimum atomic E-state index is -0.515. The van der Waals surface area contributed by atoms with Gasteiger partial charge in [-0.25, -0.2) is 4.39 Å². The standard InChI is InChI=1S/C17H12FN3O3S/c1-2-9-20-14-8-7-13(21(23)24)10-15(14)25-17(20)19-16(22)11-3-5-12(18)6-4-11/h2-8,10H,1,9H2. The van der Waals surface area contributed by atoms with Crippen LogP contribution in [0.3, 0.4) is 0 Å². The van der Waals surface area contributed by atoms with Crippen LogP contribution in [0.15, 0.2) is 60.1 Å². The predicted molar refractivity (Wildman–Crippen MR) is 93.0 cm³/mol. The molecule has 1 aromatic heterocycles. The molecule has 0 N–H and O–H groups in total. The lowest BCUT2D eigenvalue weighted by Gasteiger charge is -2.00. The Kier molecular flexibility index (Phi) is 4.53. The minimum absolute atomic E-state index is 0.0316. The van der Waals surface area contributed by atoms with Gasteiger partial charge in [0, 0.05) is 24.2 Å². The third-order valence-corrected chi connectivity index (χ3v) is 4.52. The van der Waals surface area contributed by atoms with Crippen LogP contribution in [-0.2, 0) is 6.54 Å². The van der Waals surface area contributed by atoms with Crippen LogP contribution < -0.4 is 4.80 Å². The number of carbonyl (C=O) groups is 1. The highest BCUT2D eigenvalue weighted by atomic mass is 32.1. The van der Waals surface area contributed by atoms with E-state index in [9.17, 15) is 19.3 Å². The van der Waals surface area contributed by atoms with Crippen molar-refractivity contribution in [3.63, 3.8) is 0 Å². The summed E-state index contributed by atoms with van der Waals surface area (Å²) in [6.45, 7) is 4.08. The first-order valence-electron chi connectivity index (χ1n) is 7.23. The molecular formula is C17H12FN3O3S. The number of nitrogens with zero attached hydrogens (tertiary/aromatic N) is 3. The number of thiazole rings is 1. The molecular weight excluding hydrogens is 345 g/mol. The lowest BCUT2D eigenvalue weighted by molar-refractivity contribution is -0.384. The van der Waals surface area contributed by atoms with E-state index in [-0.39, 0.29) is 11.3 Å². The first-order chi connectivity index (χ1) is 12.0. The first kappa shape index (κ1) is 16.7. The van der Waals surface area contributed by atoms with Gasteiger partial charge in [-0.2, -0.15) is 4.99 Å². The number of non-ortho nitro benzene ring substituents is 1. The molecule has 0 radical (unpaired) electrons. The van der Waals surface area contributed by atoms with Crippen LogP contribution in [0.4, 0.5) is 10.1 Å². The molecule has 6 nitrogen and oxygen atoms in total. The van der Waals surface area contributed by atoms with E-state index >= 15 is 0 Å². The van der Waals surface area contributed by atoms with Crippen LogP contribution in [0.25, 0.3) is 10.2 Å². The van der Waals surface area contributed by atoms with E-state index in [0.29, 0.717) is 16.0 Å². The van der Waals surface area contributed by atoms with Crippen molar-refractivity contribution in [1.29, 1.82) is 0 Å². The van der Waals surface area contributed by atoms with E-state index in [1.807, 2.05) is 0 Å². The van der Waals surface area contributed by atoms with Crippen LogP contribution in [0.2, 0.25) is 0 Å². The number of nitro groups is 1. The summed E-state index contributed by atoms with van der Waals surface area (Å²) in [6.07, 6.45) is 1.65. The Bertz CT molecular complexity index is 1050. The summed E-state index contributed by atoms with van der Waals surface area (Å²) >= 11 is 1.17. The van der Waals surface area contributed by atoms with Gasteiger partial charge < -0.3 is 4.57 Å². The summed E-state index contributed by atoms with van der Waals surface area (Å²) in [7, 11) is 0. The Morgan fingerprint density at radius 1 is 1.32 bits per heavy atom. The largest absolute Gasteiger partial charge is 0.312 e. The van der Waals surface area contributed by atoms with Gasteiger partial charge in [0.15, 0.2) is 4.80 Å². The summed E-state index contributed by atoms with van der Waals surface area (Å²) in [5, 5.41) is 10.9. The highest BCUT2D eigenvalue weighted by Gasteiger charge is 2.12. The van der Waals surface area contributed by atoms with E-state index in [2.05, 4.69) is 11.6 Å². The summed E-state index contributed by atoms with van der Waals surface area (Å²) in [5.41, 5.74) is 0.951. The summed E-state index contributed by atoms with van der Waals surface area (Å²) < 4.78 is 15.4. The number of benzene rings is 2. The quantitative estimate of drug-likeness (QED) is 0.406. The Morgan fingerprint density at radius 3 is 2.68 bits per heavy atom. The van der Waals surface area contributed by atoms with Crippen LogP contribution in [-0.4, -0.2) is 15.4 Å². The highest BCUT2D eigenvalue weighted by Crippen LogP contribution is 2.23. The molecule has 0 aliphatic carbocycles. The average Bonchev–Trinajstić information content (AvgIpc) is 2.92. The van der Waals surface area contributed by atoms with Gasteiger partial charge in [-0.1, -0.05) is 17.4 Å². The SMILES string of the molecule is C=CCn1c(=NC(=O)c2ccc(F)cc2)sc2cc([N+](=O)[O-])ccc21. The third-order valence-electron chi connectivity index (χ3n) is 3.48. The first-order valence-corrected chi connectivity index (χ1v) is 8.04. The van der Waals surface area contributed by atoms with Crippen molar-refractivity contribution in [3.05, 3.63) is 81.4 Å². The molecule has 0 spiro atoms. The maximum Gasteiger partial charge on any atom is 0.279 e. The lowest BCUT2D eigenvalue weighted by atomic mass is 10.2. The van der Waals surface area contributed by atoms with Gasteiger partial charge in [-0.05, 0) is 30.3 Å². The molecule has 25 heavy (non-hydrogen) atoms. The Labute approximate surface area is 145 Å². The number of aromatic nitrogens is 1. The highest BCUT2D eigenvalue weighted by molar-refractivity contribution is 7.16. The molecule has 2 aromatic carbocycles. The van der Waals surface area contributed by atoms with Crippen LogP contribution >= 0.6 is 11.3 Å². The van der Waals surface area contributed by atoms with Crippen LogP contribution in [0.1, 0.15) is 10.4 Å². The maximum atomic E-state index is 13.0. The van der Waals surface area contributed by atoms with Gasteiger partial charge in [0.1, 0.15) is 5.82 Å². The number of fused-ring (bicyclic) bond motifs is 1. The fraction of sp³-hybridized carbons (Fsp3) is 0.0588. The molecule has 0 aliphatic heterocycles. The van der Waals surface area contributed by atoms with Gasteiger partial charge in [0.2, 0.25) is 0 Å².